The van der Waals surface area contributed by atoms with Crippen molar-refractivity contribution in [3.8, 4) is 0 Å². The highest BCUT2D eigenvalue weighted by Crippen LogP contribution is 2.40. The van der Waals surface area contributed by atoms with Gasteiger partial charge in [0.05, 0.1) is 11.3 Å². The molecule has 3 N–H and O–H groups in total. The Morgan fingerprint density at radius 3 is 2.68 bits per heavy atom. The normalized spacial score (nSPS) is 20.9. The zero-order valence-electron chi connectivity index (χ0n) is 16.6. The number of hydrogen-bond acceptors (Lipinski definition) is 6. The summed E-state index contributed by atoms with van der Waals surface area (Å²) in [5, 5.41) is 13.7. The van der Waals surface area contributed by atoms with E-state index in [1.54, 1.807) is 4.90 Å². The Hall–Kier alpha value is -3.17. The first-order valence-electron chi connectivity index (χ1n) is 10.0. The standard InChI is InChI=1S/C22H20BrN5O3/c23-13-5-6-17-15(11-13)19(22(30)26-17)21-20(14-3-1-2-4-16(14)25-21)27-31-12-18(29)28-9-7-24-8-10-28/h1-6,11,24-25H,7-10,12H2,(H,26,30)/b21-19-,27-20+. The number of rotatable bonds is 3. The number of amides is 2. The molecule has 1 saturated heterocycles. The molecule has 0 atom stereocenters. The van der Waals surface area contributed by atoms with Gasteiger partial charge in [-0.3, -0.25) is 9.59 Å². The first kappa shape index (κ1) is 19.8. The molecule has 5 rings (SSSR count). The summed E-state index contributed by atoms with van der Waals surface area (Å²) in [7, 11) is 0. The fraction of sp³-hybridized carbons (Fsp3) is 0.227. The summed E-state index contributed by atoms with van der Waals surface area (Å²) in [6, 6.07) is 13.3. The average Bonchev–Trinajstić information content (AvgIpc) is 3.30. The molecule has 158 valence electrons. The molecule has 3 aliphatic rings. The van der Waals surface area contributed by atoms with Gasteiger partial charge in [0.2, 0.25) is 0 Å². The van der Waals surface area contributed by atoms with E-state index in [-0.39, 0.29) is 18.4 Å². The number of anilines is 2. The molecule has 0 saturated carbocycles. The van der Waals surface area contributed by atoms with Gasteiger partial charge in [-0.1, -0.05) is 39.3 Å². The summed E-state index contributed by atoms with van der Waals surface area (Å²) in [4.78, 5) is 32.5. The lowest BCUT2D eigenvalue weighted by Crippen LogP contribution is -2.47. The van der Waals surface area contributed by atoms with Gasteiger partial charge in [-0.2, -0.15) is 0 Å². The molecule has 31 heavy (non-hydrogen) atoms. The maximum absolute atomic E-state index is 12.8. The van der Waals surface area contributed by atoms with Gasteiger partial charge < -0.3 is 25.7 Å². The number of hydrogen-bond donors (Lipinski definition) is 3. The predicted octanol–water partition coefficient (Wildman–Crippen LogP) is 2.39. The second-order valence-electron chi connectivity index (χ2n) is 7.41. The lowest BCUT2D eigenvalue weighted by Gasteiger charge is -2.26. The minimum absolute atomic E-state index is 0.104. The minimum atomic E-state index is -0.215. The fourth-order valence-electron chi connectivity index (χ4n) is 3.95. The monoisotopic (exact) mass is 481 g/mol. The number of carbonyl (C=O) groups is 2. The van der Waals surface area contributed by atoms with Crippen LogP contribution in [0.15, 0.2) is 57.8 Å². The van der Waals surface area contributed by atoms with E-state index in [1.165, 1.54) is 0 Å². The maximum atomic E-state index is 12.8. The number of allylic oxidation sites excluding steroid dienone is 1. The van der Waals surface area contributed by atoms with Crippen LogP contribution < -0.4 is 16.0 Å². The van der Waals surface area contributed by atoms with Crippen LogP contribution >= 0.6 is 15.9 Å². The highest BCUT2D eigenvalue weighted by molar-refractivity contribution is 9.10. The third-order valence-corrected chi connectivity index (χ3v) is 5.96. The molecule has 0 bridgehead atoms. The Balaban J connectivity index is 1.49. The Bertz CT molecular complexity index is 1140. The number of fused-ring (bicyclic) bond motifs is 2. The number of nitrogens with zero attached hydrogens (tertiary/aromatic N) is 2. The number of carbonyl (C=O) groups excluding carboxylic acids is 2. The van der Waals surface area contributed by atoms with Crippen LogP contribution in [0.1, 0.15) is 11.1 Å². The van der Waals surface area contributed by atoms with E-state index in [0.717, 1.165) is 40.1 Å². The molecule has 0 spiro atoms. The highest BCUT2D eigenvalue weighted by atomic mass is 79.9. The van der Waals surface area contributed by atoms with Crippen LogP contribution in [0.25, 0.3) is 5.57 Å². The minimum Gasteiger partial charge on any atom is -0.385 e. The lowest BCUT2D eigenvalue weighted by atomic mass is 10.0. The van der Waals surface area contributed by atoms with Gasteiger partial charge in [0, 0.05) is 53.2 Å². The van der Waals surface area contributed by atoms with E-state index in [0.29, 0.717) is 30.1 Å². The largest absolute Gasteiger partial charge is 0.385 e. The van der Waals surface area contributed by atoms with Gasteiger partial charge >= 0.3 is 0 Å². The molecule has 0 unspecified atom stereocenters. The molecule has 9 heteroatoms. The second kappa shape index (κ2) is 8.16. The predicted molar refractivity (Wildman–Crippen MR) is 122 cm³/mol. The van der Waals surface area contributed by atoms with E-state index in [2.05, 4.69) is 37.0 Å². The summed E-state index contributed by atoms with van der Waals surface area (Å²) in [6.07, 6.45) is 0. The molecule has 3 heterocycles. The average molecular weight is 482 g/mol. The second-order valence-corrected chi connectivity index (χ2v) is 8.32. The Labute approximate surface area is 187 Å². The highest BCUT2D eigenvalue weighted by Gasteiger charge is 2.34. The van der Waals surface area contributed by atoms with Gasteiger partial charge in [0.15, 0.2) is 6.61 Å². The quantitative estimate of drug-likeness (QED) is 0.462. The fourth-order valence-corrected chi connectivity index (χ4v) is 4.31. The van der Waals surface area contributed by atoms with Gasteiger partial charge in [0.25, 0.3) is 11.8 Å². The number of piperazine rings is 1. The lowest BCUT2D eigenvalue weighted by molar-refractivity contribution is -0.136. The van der Waals surface area contributed by atoms with Gasteiger partial charge in [0.1, 0.15) is 5.71 Å². The molecule has 3 aliphatic heterocycles. The summed E-state index contributed by atoms with van der Waals surface area (Å²) >= 11 is 3.48. The van der Waals surface area contributed by atoms with Crippen molar-refractivity contribution in [3.63, 3.8) is 0 Å². The topological polar surface area (TPSA) is 95.1 Å². The zero-order valence-corrected chi connectivity index (χ0v) is 18.2. The first-order valence-corrected chi connectivity index (χ1v) is 10.8. The summed E-state index contributed by atoms with van der Waals surface area (Å²) in [5.41, 5.74) is 4.71. The summed E-state index contributed by atoms with van der Waals surface area (Å²) in [6.45, 7) is 2.72. The number of nitrogens with one attached hydrogen (secondary N) is 3. The van der Waals surface area contributed by atoms with Crippen LogP contribution in [0.4, 0.5) is 11.4 Å². The molecule has 2 amide bonds. The van der Waals surface area contributed by atoms with Crippen molar-refractivity contribution in [2.75, 3.05) is 43.4 Å². The Kier molecular flexibility index (Phi) is 5.21. The van der Waals surface area contributed by atoms with Gasteiger partial charge in [-0.05, 0) is 24.3 Å². The molecular weight excluding hydrogens is 462 g/mol. The summed E-state index contributed by atoms with van der Waals surface area (Å²) < 4.78 is 0.868. The molecule has 0 radical (unpaired) electrons. The van der Waals surface area contributed by atoms with Gasteiger partial charge in [-0.25, -0.2) is 0 Å². The Morgan fingerprint density at radius 2 is 1.84 bits per heavy atom. The van der Waals surface area contributed by atoms with E-state index in [9.17, 15) is 9.59 Å². The zero-order chi connectivity index (χ0) is 21.4. The first-order chi connectivity index (χ1) is 15.1. The number of halogens is 1. The SMILES string of the molecule is O=C1Nc2ccc(Br)cc2/C1=C1/Nc2ccccc2/C1=N\OCC(=O)N1CCNCC1. The van der Waals surface area contributed by atoms with Crippen molar-refractivity contribution >= 4 is 50.4 Å². The maximum Gasteiger partial charge on any atom is 0.263 e. The van der Waals surface area contributed by atoms with Crippen molar-refractivity contribution in [2.24, 2.45) is 5.16 Å². The van der Waals surface area contributed by atoms with Crippen LogP contribution in [0.2, 0.25) is 0 Å². The van der Waals surface area contributed by atoms with Crippen molar-refractivity contribution in [2.45, 2.75) is 0 Å². The van der Waals surface area contributed by atoms with Crippen LogP contribution in [0.5, 0.6) is 0 Å². The van der Waals surface area contributed by atoms with Crippen molar-refractivity contribution in [3.05, 3.63) is 63.8 Å². The van der Waals surface area contributed by atoms with E-state index < -0.39 is 0 Å². The van der Waals surface area contributed by atoms with E-state index in [4.69, 9.17) is 4.84 Å². The van der Waals surface area contributed by atoms with E-state index in [1.807, 2.05) is 42.5 Å². The molecule has 1 fully saturated rings. The van der Waals surface area contributed by atoms with Crippen LogP contribution in [0, 0.1) is 0 Å². The van der Waals surface area contributed by atoms with Crippen LogP contribution in [-0.4, -0.2) is 55.2 Å². The van der Waals surface area contributed by atoms with E-state index >= 15 is 0 Å². The molecule has 2 aromatic rings. The Morgan fingerprint density at radius 1 is 1.06 bits per heavy atom. The number of oxime groups is 1. The van der Waals surface area contributed by atoms with Crippen molar-refractivity contribution in [1.29, 1.82) is 0 Å². The van der Waals surface area contributed by atoms with Crippen LogP contribution in [0.3, 0.4) is 0 Å². The molecule has 0 aromatic heterocycles. The molecule has 8 nitrogen and oxygen atoms in total. The van der Waals surface area contributed by atoms with Gasteiger partial charge in [-0.15, -0.1) is 0 Å². The molecule has 2 aromatic carbocycles. The smallest absolute Gasteiger partial charge is 0.263 e. The summed E-state index contributed by atoms with van der Waals surface area (Å²) in [5.74, 6) is -0.319. The molecule has 0 aliphatic carbocycles. The van der Waals surface area contributed by atoms with Crippen LogP contribution in [-0.2, 0) is 14.4 Å². The third-order valence-electron chi connectivity index (χ3n) is 5.47. The van der Waals surface area contributed by atoms with Crippen molar-refractivity contribution in [1.82, 2.24) is 10.2 Å². The molecular formula is C22H20BrN5O3. The van der Waals surface area contributed by atoms with Crippen molar-refractivity contribution < 1.29 is 14.4 Å². The number of para-hydroxylation sites is 1. The number of benzene rings is 2. The third kappa shape index (κ3) is 3.70.